The molecule has 2 saturated heterocycles. The number of pyridine rings is 2. The molecule has 3 aromatic heterocycles. The second-order valence-corrected chi connectivity index (χ2v) is 10.2. The Kier molecular flexibility index (Phi) is 8.40. The Labute approximate surface area is 218 Å². The number of nitrogens with zero attached hydrogens (tertiary/aromatic N) is 7. The molecule has 0 unspecified atom stereocenters. The third-order valence-corrected chi connectivity index (χ3v) is 7.35. The van der Waals surface area contributed by atoms with E-state index in [-0.39, 0.29) is 19.1 Å². The van der Waals surface area contributed by atoms with Crippen LogP contribution in [0.1, 0.15) is 43.4 Å². The van der Waals surface area contributed by atoms with Gasteiger partial charge in [0.2, 0.25) is 5.95 Å². The first-order chi connectivity index (χ1) is 18.1. The van der Waals surface area contributed by atoms with Gasteiger partial charge in [-0.05, 0) is 37.0 Å². The van der Waals surface area contributed by atoms with Gasteiger partial charge in [0, 0.05) is 81.7 Å². The minimum atomic E-state index is -0.0436. The van der Waals surface area contributed by atoms with E-state index in [9.17, 15) is 5.11 Å². The van der Waals surface area contributed by atoms with E-state index >= 15 is 0 Å². The lowest BCUT2D eigenvalue weighted by molar-refractivity contribution is 0.108. The summed E-state index contributed by atoms with van der Waals surface area (Å²) in [6.45, 7) is 9.78. The van der Waals surface area contributed by atoms with Gasteiger partial charge in [0.15, 0.2) is 5.82 Å². The molecule has 10 heteroatoms. The molecule has 2 fully saturated rings. The summed E-state index contributed by atoms with van der Waals surface area (Å²) in [5, 5.41) is 23.0. The van der Waals surface area contributed by atoms with Crippen molar-refractivity contribution >= 4 is 28.5 Å². The standard InChI is InChI=1S/C27H38N8O2/c1-20(19-37)23-15-22-17-29-27(32-25(22)26(30-23)35-7-3-2-4-8-35)31-24-6-5-21(16-28-24)18-34-11-9-33(10-12-34)13-14-36/h5-6,15-17,20,36-37H,2-4,7-14,18-19H2,1H3,(H,28,29,31,32)/t20-/m1/s1. The molecule has 5 rings (SSSR count). The zero-order valence-electron chi connectivity index (χ0n) is 21.7. The van der Waals surface area contributed by atoms with Crippen molar-refractivity contribution in [2.45, 2.75) is 38.6 Å². The quantitative estimate of drug-likeness (QED) is 0.400. The number of aliphatic hydroxyl groups excluding tert-OH is 2. The van der Waals surface area contributed by atoms with E-state index < -0.39 is 0 Å². The van der Waals surface area contributed by atoms with Crippen LogP contribution in [0.2, 0.25) is 0 Å². The molecule has 0 saturated carbocycles. The van der Waals surface area contributed by atoms with E-state index in [1.165, 1.54) is 12.0 Å². The fraction of sp³-hybridized carbons (Fsp3) is 0.556. The van der Waals surface area contributed by atoms with Gasteiger partial charge in [0.05, 0.1) is 13.2 Å². The summed E-state index contributed by atoms with van der Waals surface area (Å²) in [5.74, 6) is 2.03. The second-order valence-electron chi connectivity index (χ2n) is 10.2. The van der Waals surface area contributed by atoms with Gasteiger partial charge in [-0.15, -0.1) is 0 Å². The lowest BCUT2D eigenvalue weighted by Gasteiger charge is -2.34. The molecule has 0 amide bonds. The smallest absolute Gasteiger partial charge is 0.229 e. The number of rotatable bonds is 9. The monoisotopic (exact) mass is 506 g/mol. The van der Waals surface area contributed by atoms with E-state index in [1.807, 2.05) is 31.5 Å². The number of nitrogens with one attached hydrogen (secondary N) is 1. The molecule has 0 spiro atoms. The molecule has 198 valence electrons. The lowest BCUT2D eigenvalue weighted by Crippen LogP contribution is -2.46. The Morgan fingerprint density at radius 2 is 1.70 bits per heavy atom. The van der Waals surface area contributed by atoms with Crippen molar-refractivity contribution in [1.29, 1.82) is 0 Å². The van der Waals surface area contributed by atoms with E-state index in [0.29, 0.717) is 11.8 Å². The summed E-state index contributed by atoms with van der Waals surface area (Å²) in [6.07, 6.45) is 7.27. The molecule has 37 heavy (non-hydrogen) atoms. The molecule has 0 aromatic carbocycles. The summed E-state index contributed by atoms with van der Waals surface area (Å²) in [7, 11) is 0. The number of β-amino-alcohol motifs (C(OH)–C–C–N with tert-alkyl or cyclic N) is 1. The minimum Gasteiger partial charge on any atom is -0.396 e. The maximum absolute atomic E-state index is 9.70. The zero-order chi connectivity index (χ0) is 25.6. The average Bonchev–Trinajstić information content (AvgIpc) is 2.95. The van der Waals surface area contributed by atoms with Gasteiger partial charge in [0.1, 0.15) is 11.3 Å². The van der Waals surface area contributed by atoms with E-state index in [2.05, 4.69) is 36.1 Å². The highest BCUT2D eigenvalue weighted by atomic mass is 16.3. The number of hydrogen-bond donors (Lipinski definition) is 3. The largest absolute Gasteiger partial charge is 0.396 e. The number of fused-ring (bicyclic) bond motifs is 1. The van der Waals surface area contributed by atoms with Crippen LogP contribution in [0.15, 0.2) is 30.6 Å². The third-order valence-electron chi connectivity index (χ3n) is 7.35. The van der Waals surface area contributed by atoms with Crippen LogP contribution in [-0.4, -0.2) is 99.0 Å². The van der Waals surface area contributed by atoms with Crippen molar-refractivity contribution in [3.8, 4) is 0 Å². The molecular weight excluding hydrogens is 468 g/mol. The summed E-state index contributed by atoms with van der Waals surface area (Å²) in [5.41, 5.74) is 2.86. The summed E-state index contributed by atoms with van der Waals surface area (Å²) >= 11 is 0. The van der Waals surface area contributed by atoms with Crippen molar-refractivity contribution < 1.29 is 10.2 Å². The minimum absolute atomic E-state index is 0.0436. The van der Waals surface area contributed by atoms with Crippen molar-refractivity contribution in [2.24, 2.45) is 0 Å². The van der Waals surface area contributed by atoms with E-state index in [1.54, 1.807) is 0 Å². The number of hydrogen-bond acceptors (Lipinski definition) is 10. The molecule has 0 aliphatic carbocycles. The molecule has 0 radical (unpaired) electrons. The SMILES string of the molecule is C[C@H](CO)c1cc2cnc(Nc3ccc(CN4CCN(CCO)CC4)cn3)nc2c(N2CCCCC2)n1. The highest BCUT2D eigenvalue weighted by Crippen LogP contribution is 2.30. The van der Waals surface area contributed by atoms with Crippen LogP contribution in [-0.2, 0) is 6.54 Å². The van der Waals surface area contributed by atoms with E-state index in [0.717, 1.165) is 87.6 Å². The van der Waals surface area contributed by atoms with Crippen LogP contribution in [0.4, 0.5) is 17.6 Å². The van der Waals surface area contributed by atoms with Gasteiger partial charge in [0.25, 0.3) is 0 Å². The maximum Gasteiger partial charge on any atom is 0.229 e. The first-order valence-corrected chi connectivity index (χ1v) is 13.4. The van der Waals surface area contributed by atoms with Crippen LogP contribution in [0.3, 0.4) is 0 Å². The number of aromatic nitrogens is 4. The predicted molar refractivity (Wildman–Crippen MR) is 145 cm³/mol. The van der Waals surface area contributed by atoms with Gasteiger partial charge in [-0.2, -0.15) is 0 Å². The fourth-order valence-electron chi connectivity index (χ4n) is 5.05. The third kappa shape index (κ3) is 6.32. The van der Waals surface area contributed by atoms with Crippen molar-refractivity contribution in [3.63, 3.8) is 0 Å². The van der Waals surface area contributed by atoms with Gasteiger partial charge >= 0.3 is 0 Å². The highest BCUT2D eigenvalue weighted by Gasteiger charge is 2.20. The Hall–Kier alpha value is -2.92. The lowest BCUT2D eigenvalue weighted by atomic mass is 10.1. The topological polar surface area (TPSA) is 114 Å². The molecule has 1 atom stereocenters. The summed E-state index contributed by atoms with van der Waals surface area (Å²) in [6, 6.07) is 6.06. The van der Waals surface area contributed by atoms with Crippen molar-refractivity contribution in [1.82, 2.24) is 29.7 Å². The van der Waals surface area contributed by atoms with Crippen LogP contribution in [0.25, 0.3) is 10.9 Å². The van der Waals surface area contributed by atoms with Gasteiger partial charge in [-0.1, -0.05) is 13.0 Å². The van der Waals surface area contributed by atoms with Crippen LogP contribution < -0.4 is 10.2 Å². The molecule has 5 heterocycles. The number of aliphatic hydroxyl groups is 2. The Morgan fingerprint density at radius 3 is 2.41 bits per heavy atom. The van der Waals surface area contributed by atoms with E-state index in [4.69, 9.17) is 15.1 Å². The number of piperazine rings is 1. The normalized spacial score (nSPS) is 18.3. The first-order valence-electron chi connectivity index (χ1n) is 13.4. The van der Waals surface area contributed by atoms with Gasteiger partial charge in [-0.25, -0.2) is 19.9 Å². The van der Waals surface area contributed by atoms with Crippen LogP contribution in [0.5, 0.6) is 0 Å². The zero-order valence-corrected chi connectivity index (χ0v) is 21.7. The molecule has 10 nitrogen and oxygen atoms in total. The Morgan fingerprint density at radius 1 is 0.919 bits per heavy atom. The molecule has 3 N–H and O–H groups in total. The number of anilines is 3. The Bertz CT molecular complexity index is 1160. The second kappa shape index (κ2) is 12.1. The molecule has 2 aliphatic rings. The molecule has 2 aliphatic heterocycles. The average molecular weight is 507 g/mol. The first kappa shape index (κ1) is 25.7. The molecular formula is C27H38N8O2. The van der Waals surface area contributed by atoms with Crippen molar-refractivity contribution in [2.75, 3.05) is 69.2 Å². The summed E-state index contributed by atoms with van der Waals surface area (Å²) < 4.78 is 0. The maximum atomic E-state index is 9.70. The summed E-state index contributed by atoms with van der Waals surface area (Å²) in [4.78, 5) is 26.0. The highest BCUT2D eigenvalue weighted by molar-refractivity contribution is 5.89. The van der Waals surface area contributed by atoms with Crippen molar-refractivity contribution in [3.05, 3.63) is 41.9 Å². The molecule has 0 bridgehead atoms. The van der Waals surface area contributed by atoms with Gasteiger partial charge < -0.3 is 20.4 Å². The van der Waals surface area contributed by atoms with Gasteiger partial charge in [-0.3, -0.25) is 9.80 Å². The van der Waals surface area contributed by atoms with Crippen LogP contribution >= 0.6 is 0 Å². The Balaban J connectivity index is 1.30. The molecule has 3 aromatic rings. The fourth-order valence-corrected chi connectivity index (χ4v) is 5.05. The van der Waals surface area contributed by atoms with Crippen LogP contribution in [0, 0.1) is 0 Å². The number of piperidine rings is 1. The predicted octanol–water partition coefficient (Wildman–Crippen LogP) is 2.36.